The summed E-state index contributed by atoms with van der Waals surface area (Å²) in [6, 6.07) is 6.46. The van der Waals surface area contributed by atoms with Crippen LogP contribution in [0.15, 0.2) is 30.3 Å². The highest BCUT2D eigenvalue weighted by atomic mass is 16.5. The van der Waals surface area contributed by atoms with Crippen molar-refractivity contribution in [2.75, 3.05) is 6.61 Å². The highest BCUT2D eigenvalue weighted by Crippen LogP contribution is 2.19. The van der Waals surface area contributed by atoms with Crippen molar-refractivity contribution in [2.45, 2.75) is 19.1 Å². The second kappa shape index (κ2) is 7.45. The normalized spacial score (nSPS) is 14.1. The average molecular weight is 264 g/mol. The first-order valence-corrected chi connectivity index (χ1v) is 5.84. The molecule has 0 saturated heterocycles. The molecule has 2 atom stereocenters. The molecule has 2 unspecified atom stereocenters. The van der Waals surface area contributed by atoms with Crippen LogP contribution in [-0.2, 0) is 14.3 Å². The van der Waals surface area contributed by atoms with Gasteiger partial charge in [-0.05, 0) is 24.1 Å². The molecule has 0 spiro atoms. The molecule has 1 aromatic carbocycles. The highest BCUT2D eigenvalue weighted by molar-refractivity contribution is 5.75. The Morgan fingerprint density at radius 2 is 1.95 bits per heavy atom. The van der Waals surface area contributed by atoms with E-state index in [0.717, 1.165) is 5.56 Å². The third-order valence-electron chi connectivity index (χ3n) is 2.47. The topological polar surface area (TPSA) is 83.8 Å². The molecule has 0 aliphatic heterocycles. The SMILES string of the molecule is CCOC(=O)C(O)C(O)c1ccc(/C=C/C=O)cc1. The lowest BCUT2D eigenvalue weighted by atomic mass is 10.0. The standard InChI is InChI=1S/C14H16O5/c1-2-19-14(18)13(17)12(16)11-7-5-10(6-8-11)4-3-9-15/h3-9,12-13,16-17H,2H2,1H3/b4-3+. The predicted molar refractivity (Wildman–Crippen MR) is 69.1 cm³/mol. The van der Waals surface area contributed by atoms with Crippen LogP contribution in [0.4, 0.5) is 0 Å². The zero-order valence-electron chi connectivity index (χ0n) is 10.5. The number of allylic oxidation sites excluding steroid dienone is 1. The molecule has 0 heterocycles. The van der Waals surface area contributed by atoms with E-state index in [2.05, 4.69) is 4.74 Å². The van der Waals surface area contributed by atoms with Crippen molar-refractivity contribution in [2.24, 2.45) is 0 Å². The fourth-order valence-electron chi connectivity index (χ4n) is 1.49. The van der Waals surface area contributed by atoms with E-state index in [1.165, 1.54) is 6.08 Å². The maximum atomic E-state index is 11.3. The average Bonchev–Trinajstić information content (AvgIpc) is 2.44. The van der Waals surface area contributed by atoms with Gasteiger partial charge < -0.3 is 14.9 Å². The highest BCUT2D eigenvalue weighted by Gasteiger charge is 2.26. The van der Waals surface area contributed by atoms with Crippen molar-refractivity contribution >= 4 is 18.3 Å². The van der Waals surface area contributed by atoms with Crippen molar-refractivity contribution in [3.63, 3.8) is 0 Å². The number of carbonyl (C=O) groups is 2. The molecule has 2 N–H and O–H groups in total. The van der Waals surface area contributed by atoms with E-state index < -0.39 is 18.2 Å². The second-order valence-electron chi connectivity index (χ2n) is 3.80. The van der Waals surface area contributed by atoms with Gasteiger partial charge in [-0.15, -0.1) is 0 Å². The molecule has 0 aromatic heterocycles. The molecule has 0 amide bonds. The Balaban J connectivity index is 2.77. The van der Waals surface area contributed by atoms with Gasteiger partial charge in [-0.2, -0.15) is 0 Å². The number of esters is 1. The van der Waals surface area contributed by atoms with Crippen molar-refractivity contribution in [3.05, 3.63) is 41.5 Å². The Bertz CT molecular complexity index is 449. The molecular weight excluding hydrogens is 248 g/mol. The molecule has 102 valence electrons. The van der Waals surface area contributed by atoms with E-state index >= 15 is 0 Å². The maximum Gasteiger partial charge on any atom is 0.338 e. The van der Waals surface area contributed by atoms with Gasteiger partial charge in [0.05, 0.1) is 6.61 Å². The lowest BCUT2D eigenvalue weighted by molar-refractivity contribution is -0.159. The first-order chi connectivity index (χ1) is 9.10. The van der Waals surface area contributed by atoms with Crippen LogP contribution in [0.5, 0.6) is 0 Å². The minimum atomic E-state index is -1.61. The number of aliphatic hydroxyl groups is 2. The van der Waals surface area contributed by atoms with Crippen molar-refractivity contribution in [1.82, 2.24) is 0 Å². The van der Waals surface area contributed by atoms with E-state index in [4.69, 9.17) is 0 Å². The summed E-state index contributed by atoms with van der Waals surface area (Å²) in [5, 5.41) is 19.4. The van der Waals surface area contributed by atoms with Gasteiger partial charge >= 0.3 is 5.97 Å². The summed E-state index contributed by atoms with van der Waals surface area (Å²) in [5.74, 6) is -0.861. The smallest absolute Gasteiger partial charge is 0.338 e. The Labute approximate surface area is 111 Å². The number of aliphatic hydroxyl groups excluding tert-OH is 2. The Hall–Kier alpha value is -1.98. The van der Waals surface area contributed by atoms with Gasteiger partial charge in [0.1, 0.15) is 12.4 Å². The summed E-state index contributed by atoms with van der Waals surface area (Å²) in [5.41, 5.74) is 1.16. The number of carbonyl (C=O) groups excluding carboxylic acids is 2. The molecule has 0 fully saturated rings. The minimum Gasteiger partial charge on any atom is -0.464 e. The summed E-state index contributed by atoms with van der Waals surface area (Å²) in [7, 11) is 0. The molecule has 5 heteroatoms. The lowest BCUT2D eigenvalue weighted by Crippen LogP contribution is -2.29. The van der Waals surface area contributed by atoms with Gasteiger partial charge in [0.25, 0.3) is 0 Å². The van der Waals surface area contributed by atoms with Gasteiger partial charge in [-0.1, -0.05) is 30.3 Å². The van der Waals surface area contributed by atoms with Crippen LogP contribution < -0.4 is 0 Å². The fourth-order valence-corrected chi connectivity index (χ4v) is 1.49. The number of aldehydes is 1. The van der Waals surface area contributed by atoms with Crippen LogP contribution in [-0.4, -0.2) is 35.2 Å². The summed E-state index contributed by atoms with van der Waals surface area (Å²) < 4.78 is 4.62. The number of rotatable bonds is 6. The number of benzene rings is 1. The van der Waals surface area contributed by atoms with E-state index in [1.54, 1.807) is 37.3 Å². The van der Waals surface area contributed by atoms with E-state index in [-0.39, 0.29) is 6.61 Å². The molecular formula is C14H16O5. The van der Waals surface area contributed by atoms with Crippen LogP contribution in [0.3, 0.4) is 0 Å². The summed E-state index contributed by atoms with van der Waals surface area (Å²) >= 11 is 0. The van der Waals surface area contributed by atoms with E-state index in [1.807, 2.05) is 0 Å². The van der Waals surface area contributed by atoms with Crippen LogP contribution in [0.1, 0.15) is 24.2 Å². The molecule has 5 nitrogen and oxygen atoms in total. The van der Waals surface area contributed by atoms with Crippen LogP contribution in [0.2, 0.25) is 0 Å². The van der Waals surface area contributed by atoms with E-state index in [0.29, 0.717) is 11.8 Å². The Morgan fingerprint density at radius 1 is 1.32 bits per heavy atom. The monoisotopic (exact) mass is 264 g/mol. The van der Waals surface area contributed by atoms with Crippen LogP contribution in [0.25, 0.3) is 6.08 Å². The summed E-state index contributed by atoms with van der Waals surface area (Å²) in [6.07, 6.45) is 0.649. The predicted octanol–water partition coefficient (Wildman–Crippen LogP) is 0.856. The maximum absolute atomic E-state index is 11.3. The molecule has 1 aromatic rings. The molecule has 1 rings (SSSR count). The van der Waals surface area contributed by atoms with Crippen molar-refractivity contribution < 1.29 is 24.5 Å². The van der Waals surface area contributed by atoms with Crippen molar-refractivity contribution in [1.29, 1.82) is 0 Å². The lowest BCUT2D eigenvalue weighted by Gasteiger charge is -2.16. The quantitative estimate of drug-likeness (QED) is 0.452. The summed E-state index contributed by atoms with van der Waals surface area (Å²) in [6.45, 7) is 1.75. The third kappa shape index (κ3) is 4.31. The minimum absolute atomic E-state index is 0.137. The zero-order valence-corrected chi connectivity index (χ0v) is 10.5. The van der Waals surface area contributed by atoms with E-state index in [9.17, 15) is 19.8 Å². The van der Waals surface area contributed by atoms with Gasteiger partial charge in [-0.25, -0.2) is 4.79 Å². The van der Waals surface area contributed by atoms with Gasteiger partial charge in [0.2, 0.25) is 0 Å². The molecule has 19 heavy (non-hydrogen) atoms. The fraction of sp³-hybridized carbons (Fsp3) is 0.286. The van der Waals surface area contributed by atoms with Gasteiger partial charge in [-0.3, -0.25) is 4.79 Å². The largest absolute Gasteiger partial charge is 0.464 e. The molecule has 0 radical (unpaired) electrons. The molecule has 0 aliphatic rings. The molecule has 0 saturated carbocycles. The number of ether oxygens (including phenoxy) is 1. The van der Waals surface area contributed by atoms with Crippen molar-refractivity contribution in [3.8, 4) is 0 Å². The molecule has 0 bridgehead atoms. The Kier molecular flexibility index (Phi) is 5.92. The first kappa shape index (κ1) is 15.1. The Morgan fingerprint density at radius 3 is 2.47 bits per heavy atom. The molecule has 0 aliphatic carbocycles. The van der Waals surface area contributed by atoms with Gasteiger partial charge in [0.15, 0.2) is 6.10 Å². The number of hydrogen-bond donors (Lipinski definition) is 2. The van der Waals surface area contributed by atoms with Crippen LogP contribution in [0, 0.1) is 0 Å². The summed E-state index contributed by atoms with van der Waals surface area (Å²) in [4.78, 5) is 21.5. The van der Waals surface area contributed by atoms with Gasteiger partial charge in [0, 0.05) is 0 Å². The third-order valence-corrected chi connectivity index (χ3v) is 2.47. The van der Waals surface area contributed by atoms with Crippen LogP contribution >= 0.6 is 0 Å². The number of hydrogen-bond acceptors (Lipinski definition) is 5. The second-order valence-corrected chi connectivity index (χ2v) is 3.80. The first-order valence-electron chi connectivity index (χ1n) is 5.84. The zero-order chi connectivity index (χ0) is 14.3.